The smallest absolute Gasteiger partial charge is 0.269 e. The minimum absolute atomic E-state index is 0.197. The van der Waals surface area contributed by atoms with Gasteiger partial charge in [-0.3, -0.25) is 20.4 Å². The summed E-state index contributed by atoms with van der Waals surface area (Å²) in [6.07, 6.45) is 1.04. The van der Waals surface area contributed by atoms with Gasteiger partial charge < -0.3 is 0 Å². The number of rotatable bonds is 4. The van der Waals surface area contributed by atoms with Crippen LogP contribution in [-0.2, 0) is 11.2 Å². The molecular formula is C14H14N2O2S. The van der Waals surface area contributed by atoms with Gasteiger partial charge in [0, 0.05) is 16.9 Å². The Morgan fingerprint density at radius 2 is 1.79 bits per heavy atom. The van der Waals surface area contributed by atoms with Crippen LogP contribution in [0.4, 0.5) is 0 Å². The standard InChI is InChI=1S/C14H14N2O2S/c17-13(9-8-12-7-4-10-19-12)15-16-14(18)11-5-2-1-3-6-11/h1-7,10H,8-9H2,(H,15,17)(H,16,18). The predicted octanol–water partition coefficient (Wildman–Crippen LogP) is 2.14. The fourth-order valence-electron chi connectivity index (χ4n) is 1.54. The van der Waals surface area contributed by atoms with E-state index in [1.165, 1.54) is 0 Å². The van der Waals surface area contributed by atoms with E-state index in [0.29, 0.717) is 18.4 Å². The number of hydrogen-bond donors (Lipinski definition) is 2. The van der Waals surface area contributed by atoms with Gasteiger partial charge >= 0.3 is 0 Å². The molecule has 19 heavy (non-hydrogen) atoms. The second-order valence-corrected chi connectivity index (χ2v) is 4.98. The molecule has 2 rings (SSSR count). The summed E-state index contributed by atoms with van der Waals surface area (Å²) in [7, 11) is 0. The van der Waals surface area contributed by atoms with Crippen LogP contribution in [0, 0.1) is 0 Å². The molecule has 1 heterocycles. The van der Waals surface area contributed by atoms with E-state index >= 15 is 0 Å². The highest BCUT2D eigenvalue weighted by Gasteiger charge is 2.06. The van der Waals surface area contributed by atoms with Gasteiger partial charge in [0.1, 0.15) is 0 Å². The Morgan fingerprint density at radius 1 is 1.00 bits per heavy atom. The van der Waals surface area contributed by atoms with E-state index in [0.717, 1.165) is 4.88 Å². The number of hydrazine groups is 1. The van der Waals surface area contributed by atoms with Gasteiger partial charge in [-0.2, -0.15) is 0 Å². The van der Waals surface area contributed by atoms with Crippen LogP contribution >= 0.6 is 11.3 Å². The van der Waals surface area contributed by atoms with Gasteiger partial charge in [0.2, 0.25) is 5.91 Å². The quantitative estimate of drug-likeness (QED) is 0.839. The van der Waals surface area contributed by atoms with Crippen molar-refractivity contribution in [3.05, 3.63) is 58.3 Å². The van der Waals surface area contributed by atoms with Gasteiger partial charge in [-0.1, -0.05) is 24.3 Å². The van der Waals surface area contributed by atoms with Crippen molar-refractivity contribution in [2.45, 2.75) is 12.8 Å². The summed E-state index contributed by atoms with van der Waals surface area (Å²) in [6, 6.07) is 12.7. The van der Waals surface area contributed by atoms with Crippen LogP contribution < -0.4 is 10.9 Å². The molecule has 0 atom stereocenters. The van der Waals surface area contributed by atoms with Gasteiger partial charge in [-0.05, 0) is 30.0 Å². The third kappa shape index (κ3) is 4.22. The number of aryl methyl sites for hydroxylation is 1. The number of carbonyl (C=O) groups excluding carboxylic acids is 2. The highest BCUT2D eigenvalue weighted by molar-refractivity contribution is 7.09. The third-order valence-corrected chi connectivity index (χ3v) is 3.47. The fraction of sp³-hybridized carbons (Fsp3) is 0.143. The third-order valence-electron chi connectivity index (χ3n) is 2.53. The fourth-order valence-corrected chi connectivity index (χ4v) is 2.25. The largest absolute Gasteiger partial charge is 0.273 e. The first-order valence-electron chi connectivity index (χ1n) is 5.92. The van der Waals surface area contributed by atoms with E-state index in [-0.39, 0.29) is 11.8 Å². The highest BCUT2D eigenvalue weighted by Crippen LogP contribution is 2.10. The molecule has 0 aliphatic heterocycles. The number of thiophene rings is 1. The maximum atomic E-state index is 11.7. The van der Waals surface area contributed by atoms with Crippen molar-refractivity contribution in [2.24, 2.45) is 0 Å². The van der Waals surface area contributed by atoms with E-state index in [9.17, 15) is 9.59 Å². The lowest BCUT2D eigenvalue weighted by Crippen LogP contribution is -2.41. The second-order valence-electron chi connectivity index (χ2n) is 3.95. The summed E-state index contributed by atoms with van der Waals surface area (Å²) in [4.78, 5) is 24.4. The monoisotopic (exact) mass is 274 g/mol. The molecule has 0 aliphatic rings. The Balaban J connectivity index is 1.73. The molecule has 2 aromatic rings. The topological polar surface area (TPSA) is 58.2 Å². The Hall–Kier alpha value is -2.14. The molecule has 2 N–H and O–H groups in total. The highest BCUT2D eigenvalue weighted by atomic mass is 32.1. The van der Waals surface area contributed by atoms with Crippen LogP contribution in [-0.4, -0.2) is 11.8 Å². The molecule has 98 valence electrons. The molecule has 1 aromatic heterocycles. The predicted molar refractivity (Wildman–Crippen MR) is 74.7 cm³/mol. The van der Waals surface area contributed by atoms with Crippen LogP contribution in [0.1, 0.15) is 21.7 Å². The van der Waals surface area contributed by atoms with Crippen molar-refractivity contribution in [1.29, 1.82) is 0 Å². The minimum atomic E-state index is -0.315. The molecule has 1 aromatic carbocycles. The van der Waals surface area contributed by atoms with E-state index in [4.69, 9.17) is 0 Å². The molecular weight excluding hydrogens is 260 g/mol. The maximum absolute atomic E-state index is 11.7. The molecule has 0 fully saturated rings. The van der Waals surface area contributed by atoms with Gasteiger partial charge in [-0.25, -0.2) is 0 Å². The number of nitrogens with one attached hydrogen (secondary N) is 2. The van der Waals surface area contributed by atoms with Crippen molar-refractivity contribution in [3.8, 4) is 0 Å². The number of benzene rings is 1. The first-order valence-corrected chi connectivity index (χ1v) is 6.80. The SMILES string of the molecule is O=C(CCc1cccs1)NNC(=O)c1ccccc1. The Kier molecular flexibility index (Phi) is 4.69. The average Bonchev–Trinajstić information content (AvgIpc) is 2.96. The average molecular weight is 274 g/mol. The van der Waals surface area contributed by atoms with Gasteiger partial charge in [0.05, 0.1) is 0 Å². The van der Waals surface area contributed by atoms with Crippen molar-refractivity contribution in [3.63, 3.8) is 0 Å². The van der Waals surface area contributed by atoms with Crippen LogP contribution in [0.15, 0.2) is 47.8 Å². The summed E-state index contributed by atoms with van der Waals surface area (Å²) in [5.74, 6) is -0.511. The zero-order chi connectivity index (χ0) is 13.5. The van der Waals surface area contributed by atoms with Crippen LogP contribution in [0.25, 0.3) is 0 Å². The molecule has 0 saturated heterocycles. The number of carbonyl (C=O) groups is 2. The molecule has 0 bridgehead atoms. The molecule has 0 spiro atoms. The van der Waals surface area contributed by atoms with Crippen molar-refractivity contribution in [1.82, 2.24) is 10.9 Å². The summed E-state index contributed by atoms with van der Waals surface area (Å²) >= 11 is 1.62. The lowest BCUT2D eigenvalue weighted by atomic mass is 10.2. The summed E-state index contributed by atoms with van der Waals surface area (Å²) in [5, 5.41) is 1.98. The second kappa shape index (κ2) is 6.70. The van der Waals surface area contributed by atoms with Crippen molar-refractivity contribution in [2.75, 3.05) is 0 Å². The van der Waals surface area contributed by atoms with Crippen LogP contribution in [0.5, 0.6) is 0 Å². The molecule has 2 amide bonds. The molecule has 0 radical (unpaired) electrons. The lowest BCUT2D eigenvalue weighted by molar-refractivity contribution is -0.121. The minimum Gasteiger partial charge on any atom is -0.273 e. The van der Waals surface area contributed by atoms with Crippen LogP contribution in [0.2, 0.25) is 0 Å². The van der Waals surface area contributed by atoms with E-state index < -0.39 is 0 Å². The summed E-state index contributed by atoms with van der Waals surface area (Å²) < 4.78 is 0. The summed E-state index contributed by atoms with van der Waals surface area (Å²) in [6.45, 7) is 0. The van der Waals surface area contributed by atoms with Gasteiger partial charge in [-0.15, -0.1) is 11.3 Å². The van der Waals surface area contributed by atoms with Crippen LogP contribution in [0.3, 0.4) is 0 Å². The van der Waals surface area contributed by atoms with Gasteiger partial charge in [0.25, 0.3) is 5.91 Å². The zero-order valence-electron chi connectivity index (χ0n) is 10.3. The normalized spacial score (nSPS) is 9.89. The maximum Gasteiger partial charge on any atom is 0.269 e. The van der Waals surface area contributed by atoms with E-state index in [1.54, 1.807) is 35.6 Å². The Bertz CT molecular complexity index is 538. The summed E-state index contributed by atoms with van der Waals surface area (Å²) in [5.41, 5.74) is 5.32. The zero-order valence-corrected chi connectivity index (χ0v) is 11.1. The number of hydrogen-bond acceptors (Lipinski definition) is 3. The molecule has 5 heteroatoms. The van der Waals surface area contributed by atoms with Crippen molar-refractivity contribution >= 4 is 23.2 Å². The first-order chi connectivity index (χ1) is 9.25. The molecule has 0 aliphatic carbocycles. The molecule has 0 saturated carbocycles. The van der Waals surface area contributed by atoms with E-state index in [2.05, 4.69) is 10.9 Å². The lowest BCUT2D eigenvalue weighted by Gasteiger charge is -2.06. The Labute approximate surface area is 115 Å². The molecule has 4 nitrogen and oxygen atoms in total. The van der Waals surface area contributed by atoms with Gasteiger partial charge in [0.15, 0.2) is 0 Å². The number of amides is 2. The first kappa shape index (κ1) is 13.3. The van der Waals surface area contributed by atoms with Crippen molar-refractivity contribution < 1.29 is 9.59 Å². The van der Waals surface area contributed by atoms with E-state index in [1.807, 2.05) is 23.6 Å². The Morgan fingerprint density at radius 3 is 2.47 bits per heavy atom. The molecule has 0 unspecified atom stereocenters.